The highest BCUT2D eigenvalue weighted by atomic mass is 16.2. The average Bonchev–Trinajstić information content (AvgIpc) is 2.48. The minimum absolute atomic E-state index is 0.0869. The first kappa shape index (κ1) is 11.9. The molecule has 1 saturated carbocycles. The van der Waals surface area contributed by atoms with Crippen molar-refractivity contribution in [2.75, 3.05) is 13.6 Å². The Labute approximate surface area is 98.6 Å². The Bertz CT molecular complexity index is 275. The van der Waals surface area contributed by atoms with Gasteiger partial charge in [0.15, 0.2) is 0 Å². The molecule has 0 aromatic carbocycles. The minimum Gasteiger partial charge on any atom is -0.344 e. The third-order valence-electron chi connectivity index (χ3n) is 4.07. The van der Waals surface area contributed by atoms with Gasteiger partial charge in [0.25, 0.3) is 0 Å². The molecule has 0 bridgehead atoms. The predicted octanol–water partition coefficient (Wildman–Crippen LogP) is 1.78. The van der Waals surface area contributed by atoms with Gasteiger partial charge in [-0.3, -0.25) is 4.79 Å². The van der Waals surface area contributed by atoms with E-state index in [-0.39, 0.29) is 11.9 Å². The summed E-state index contributed by atoms with van der Waals surface area (Å²) in [4.78, 5) is 13.6. The second kappa shape index (κ2) is 4.36. The summed E-state index contributed by atoms with van der Waals surface area (Å²) in [6.45, 7) is 5.58. The number of carbonyl (C=O) groups is 1. The number of nitrogens with zero attached hydrogens (tertiary/aromatic N) is 1. The van der Waals surface area contributed by atoms with Gasteiger partial charge in [-0.15, -0.1) is 0 Å². The van der Waals surface area contributed by atoms with E-state index in [1.165, 1.54) is 25.7 Å². The maximum atomic E-state index is 11.8. The molecule has 0 radical (unpaired) electrons. The van der Waals surface area contributed by atoms with Gasteiger partial charge in [0, 0.05) is 19.6 Å². The van der Waals surface area contributed by atoms with E-state index in [0.29, 0.717) is 11.5 Å². The van der Waals surface area contributed by atoms with Gasteiger partial charge in [-0.1, -0.05) is 20.3 Å². The van der Waals surface area contributed by atoms with Crippen LogP contribution in [0.3, 0.4) is 0 Å². The van der Waals surface area contributed by atoms with Crippen molar-refractivity contribution >= 4 is 5.91 Å². The van der Waals surface area contributed by atoms with E-state index in [1.807, 2.05) is 11.9 Å². The largest absolute Gasteiger partial charge is 0.344 e. The number of carbonyl (C=O) groups excluding carboxylic acids is 1. The van der Waals surface area contributed by atoms with Crippen LogP contribution >= 0.6 is 0 Å². The molecular formula is C13H24N2O. The maximum absolute atomic E-state index is 11.8. The first-order valence-corrected chi connectivity index (χ1v) is 6.49. The summed E-state index contributed by atoms with van der Waals surface area (Å²) in [5.74, 6) is 0.281. The van der Waals surface area contributed by atoms with Crippen LogP contribution < -0.4 is 5.32 Å². The smallest absolute Gasteiger partial charge is 0.239 e. The van der Waals surface area contributed by atoms with Gasteiger partial charge < -0.3 is 10.2 Å². The van der Waals surface area contributed by atoms with Crippen molar-refractivity contribution in [3.05, 3.63) is 0 Å². The molecule has 2 fully saturated rings. The Hall–Kier alpha value is -0.570. The van der Waals surface area contributed by atoms with Crippen LogP contribution in [0.15, 0.2) is 0 Å². The highest BCUT2D eigenvalue weighted by Gasteiger charge is 2.34. The minimum atomic E-state index is 0.0869. The number of hydrogen-bond donors (Lipinski definition) is 1. The predicted molar refractivity (Wildman–Crippen MR) is 65.2 cm³/mol. The van der Waals surface area contributed by atoms with Crippen molar-refractivity contribution in [1.29, 1.82) is 0 Å². The molecule has 0 aromatic rings. The molecule has 3 nitrogen and oxygen atoms in total. The van der Waals surface area contributed by atoms with Crippen LogP contribution in [-0.4, -0.2) is 36.5 Å². The molecule has 3 heteroatoms. The third-order valence-corrected chi connectivity index (χ3v) is 4.07. The first-order valence-electron chi connectivity index (χ1n) is 6.49. The number of likely N-dealkylation sites (N-methyl/N-ethyl adjacent to an activating group) is 1. The lowest BCUT2D eigenvalue weighted by Crippen LogP contribution is -2.46. The van der Waals surface area contributed by atoms with Crippen LogP contribution in [0.1, 0.15) is 46.0 Å². The van der Waals surface area contributed by atoms with Crippen LogP contribution in [0.2, 0.25) is 0 Å². The third kappa shape index (κ3) is 2.57. The zero-order chi connectivity index (χ0) is 11.8. The van der Waals surface area contributed by atoms with Gasteiger partial charge in [-0.25, -0.2) is 0 Å². The Kier molecular flexibility index (Phi) is 3.24. The van der Waals surface area contributed by atoms with Gasteiger partial charge in [0.05, 0.1) is 6.04 Å². The number of likely N-dealkylation sites (tertiary alicyclic amines) is 1. The first-order chi connectivity index (χ1) is 7.48. The van der Waals surface area contributed by atoms with Crippen molar-refractivity contribution in [3.63, 3.8) is 0 Å². The lowest BCUT2D eigenvalue weighted by Gasteiger charge is -2.36. The second-order valence-corrected chi connectivity index (χ2v) is 6.23. The van der Waals surface area contributed by atoms with Gasteiger partial charge in [0.1, 0.15) is 0 Å². The molecule has 2 atom stereocenters. The van der Waals surface area contributed by atoms with Crippen molar-refractivity contribution < 1.29 is 4.79 Å². The standard InChI is InChI=1S/C13H24N2O/c1-13(2)7-4-5-10(9-13)14-11-6-8-15(3)12(11)16/h10-11,14H,4-9H2,1-3H3. The molecule has 1 saturated heterocycles. The fraction of sp³-hybridized carbons (Fsp3) is 0.923. The molecule has 1 N–H and O–H groups in total. The Morgan fingerprint density at radius 1 is 1.38 bits per heavy atom. The maximum Gasteiger partial charge on any atom is 0.239 e. The molecule has 1 amide bonds. The molecule has 1 aliphatic carbocycles. The number of hydrogen-bond acceptors (Lipinski definition) is 2. The molecule has 2 rings (SSSR count). The normalized spacial score (nSPS) is 34.4. The Morgan fingerprint density at radius 3 is 2.69 bits per heavy atom. The van der Waals surface area contributed by atoms with E-state index in [9.17, 15) is 4.79 Å². The fourth-order valence-electron chi connectivity index (χ4n) is 3.10. The van der Waals surface area contributed by atoms with Crippen molar-refractivity contribution in [3.8, 4) is 0 Å². The summed E-state index contributed by atoms with van der Waals surface area (Å²) in [6, 6.07) is 0.632. The molecule has 2 aliphatic rings. The molecule has 0 spiro atoms. The van der Waals surface area contributed by atoms with Crippen molar-refractivity contribution in [2.24, 2.45) is 5.41 Å². The topological polar surface area (TPSA) is 32.3 Å². The highest BCUT2D eigenvalue weighted by molar-refractivity contribution is 5.83. The van der Waals surface area contributed by atoms with Crippen molar-refractivity contribution in [2.45, 2.75) is 58.0 Å². The van der Waals surface area contributed by atoms with E-state index >= 15 is 0 Å². The molecular weight excluding hydrogens is 200 g/mol. The Balaban J connectivity index is 1.88. The lowest BCUT2D eigenvalue weighted by atomic mass is 9.75. The molecule has 2 unspecified atom stereocenters. The summed E-state index contributed by atoms with van der Waals surface area (Å²) in [5, 5.41) is 3.56. The molecule has 0 aromatic heterocycles. The van der Waals surface area contributed by atoms with Crippen molar-refractivity contribution in [1.82, 2.24) is 10.2 Å². The zero-order valence-corrected chi connectivity index (χ0v) is 10.8. The second-order valence-electron chi connectivity index (χ2n) is 6.23. The molecule has 1 heterocycles. The molecule has 92 valence electrons. The molecule has 16 heavy (non-hydrogen) atoms. The van der Waals surface area contributed by atoms with Crippen LogP contribution in [-0.2, 0) is 4.79 Å². The van der Waals surface area contributed by atoms with E-state index in [1.54, 1.807) is 0 Å². The number of nitrogens with one attached hydrogen (secondary N) is 1. The summed E-state index contributed by atoms with van der Waals surface area (Å²) in [7, 11) is 1.90. The zero-order valence-electron chi connectivity index (χ0n) is 10.8. The monoisotopic (exact) mass is 224 g/mol. The van der Waals surface area contributed by atoms with Gasteiger partial charge >= 0.3 is 0 Å². The van der Waals surface area contributed by atoms with Crippen LogP contribution in [0.4, 0.5) is 0 Å². The van der Waals surface area contributed by atoms with E-state index in [2.05, 4.69) is 19.2 Å². The average molecular weight is 224 g/mol. The van der Waals surface area contributed by atoms with E-state index in [0.717, 1.165) is 13.0 Å². The van der Waals surface area contributed by atoms with E-state index < -0.39 is 0 Å². The van der Waals surface area contributed by atoms with Crippen LogP contribution in [0.25, 0.3) is 0 Å². The van der Waals surface area contributed by atoms with Gasteiger partial charge in [-0.2, -0.15) is 0 Å². The van der Waals surface area contributed by atoms with E-state index in [4.69, 9.17) is 0 Å². The van der Waals surface area contributed by atoms with Gasteiger partial charge in [0.2, 0.25) is 5.91 Å². The summed E-state index contributed by atoms with van der Waals surface area (Å²) < 4.78 is 0. The molecule has 1 aliphatic heterocycles. The van der Waals surface area contributed by atoms with Gasteiger partial charge in [-0.05, 0) is 31.1 Å². The van der Waals surface area contributed by atoms with Crippen LogP contribution in [0.5, 0.6) is 0 Å². The summed E-state index contributed by atoms with van der Waals surface area (Å²) >= 11 is 0. The van der Waals surface area contributed by atoms with Crippen LogP contribution in [0, 0.1) is 5.41 Å². The SMILES string of the molecule is CN1CCC(NC2CCCC(C)(C)C2)C1=O. The quantitative estimate of drug-likeness (QED) is 0.775. The lowest BCUT2D eigenvalue weighted by molar-refractivity contribution is -0.128. The highest BCUT2D eigenvalue weighted by Crippen LogP contribution is 2.35. The number of amides is 1. The summed E-state index contributed by atoms with van der Waals surface area (Å²) in [6.07, 6.45) is 6.04. The number of rotatable bonds is 2. The fourth-order valence-corrected chi connectivity index (χ4v) is 3.10. The summed E-state index contributed by atoms with van der Waals surface area (Å²) in [5.41, 5.74) is 0.448. The Morgan fingerprint density at radius 2 is 2.12 bits per heavy atom.